The molecule has 4 nitrogen and oxygen atoms in total. The molecule has 1 rings (SSSR count). The van der Waals surface area contributed by atoms with E-state index in [1.165, 1.54) is 0 Å². The lowest BCUT2D eigenvalue weighted by molar-refractivity contribution is 0.328. The van der Waals surface area contributed by atoms with E-state index in [1.54, 1.807) is 0 Å². The van der Waals surface area contributed by atoms with Crippen molar-refractivity contribution >= 4 is 5.82 Å². The smallest absolute Gasteiger partial charge is 0.147 e. The van der Waals surface area contributed by atoms with E-state index < -0.39 is 0 Å². The number of rotatable bonds is 4. The molecule has 4 heteroatoms. The first kappa shape index (κ1) is 13.9. The van der Waals surface area contributed by atoms with E-state index in [1.807, 2.05) is 19.4 Å². The van der Waals surface area contributed by atoms with Crippen LogP contribution in [0.3, 0.4) is 0 Å². The van der Waals surface area contributed by atoms with Crippen LogP contribution in [0.4, 0.5) is 5.82 Å². The lowest BCUT2D eigenvalue weighted by Crippen LogP contribution is -2.39. The highest BCUT2D eigenvalue weighted by atomic mass is 15.2. The minimum Gasteiger partial charge on any atom is -0.355 e. The van der Waals surface area contributed by atoms with Crippen LogP contribution in [-0.2, 0) is 6.54 Å². The molecule has 1 aromatic heterocycles. The quantitative estimate of drug-likeness (QED) is 0.869. The minimum absolute atomic E-state index is 0.222. The van der Waals surface area contributed by atoms with E-state index >= 15 is 0 Å². The molecular formula is C13H24N4. The number of nitrogens with zero attached hydrogens (tertiary/aromatic N) is 3. The maximum Gasteiger partial charge on any atom is 0.147 e. The molecular weight excluding hydrogens is 212 g/mol. The van der Waals surface area contributed by atoms with Crippen molar-refractivity contribution in [1.82, 2.24) is 15.3 Å². The van der Waals surface area contributed by atoms with Gasteiger partial charge in [0.15, 0.2) is 0 Å². The lowest BCUT2D eigenvalue weighted by atomic mass is 9.87. The standard InChI is InChI=1S/C13H24N4/c1-10(13(2,3)4)17(6)12-9-15-11(7-14-5)8-16-12/h8-10,14H,7H2,1-6H3. The first-order valence-electron chi connectivity index (χ1n) is 6.04. The predicted molar refractivity (Wildman–Crippen MR) is 72.1 cm³/mol. The normalized spacial score (nSPS) is 13.5. The Balaban J connectivity index is 2.79. The monoisotopic (exact) mass is 236 g/mol. The van der Waals surface area contributed by atoms with Gasteiger partial charge in [0.05, 0.1) is 18.1 Å². The van der Waals surface area contributed by atoms with Crippen molar-refractivity contribution in [3.05, 3.63) is 18.1 Å². The molecule has 0 aliphatic rings. The molecule has 0 aromatic carbocycles. The van der Waals surface area contributed by atoms with Gasteiger partial charge in [0.25, 0.3) is 0 Å². The van der Waals surface area contributed by atoms with Crippen molar-refractivity contribution in [1.29, 1.82) is 0 Å². The van der Waals surface area contributed by atoms with Crippen molar-refractivity contribution in [2.75, 3.05) is 19.0 Å². The van der Waals surface area contributed by atoms with Gasteiger partial charge in [0.1, 0.15) is 5.82 Å². The van der Waals surface area contributed by atoms with Gasteiger partial charge in [-0.25, -0.2) is 4.98 Å². The molecule has 0 saturated carbocycles. The van der Waals surface area contributed by atoms with Crippen LogP contribution in [0.15, 0.2) is 12.4 Å². The summed E-state index contributed by atoms with van der Waals surface area (Å²) in [7, 11) is 3.97. The van der Waals surface area contributed by atoms with E-state index in [-0.39, 0.29) is 5.41 Å². The molecule has 0 radical (unpaired) electrons. The van der Waals surface area contributed by atoms with E-state index in [9.17, 15) is 0 Å². The summed E-state index contributed by atoms with van der Waals surface area (Å²) in [6.45, 7) is 9.67. The second-order valence-electron chi connectivity index (χ2n) is 5.55. The van der Waals surface area contributed by atoms with Crippen molar-refractivity contribution in [2.24, 2.45) is 5.41 Å². The molecule has 1 aromatic rings. The summed E-state index contributed by atoms with van der Waals surface area (Å²) in [4.78, 5) is 11.0. The van der Waals surface area contributed by atoms with Gasteiger partial charge < -0.3 is 10.2 Å². The number of aromatic nitrogens is 2. The molecule has 96 valence electrons. The fourth-order valence-corrected chi connectivity index (χ4v) is 1.58. The van der Waals surface area contributed by atoms with Crippen LogP contribution in [0.25, 0.3) is 0 Å². The SMILES string of the molecule is CNCc1cnc(N(C)C(C)C(C)(C)C)cn1. The topological polar surface area (TPSA) is 41.1 Å². The number of hydrogen-bond acceptors (Lipinski definition) is 4. The largest absolute Gasteiger partial charge is 0.355 e. The van der Waals surface area contributed by atoms with Crippen LogP contribution in [0.1, 0.15) is 33.4 Å². The molecule has 1 N–H and O–H groups in total. The zero-order valence-corrected chi connectivity index (χ0v) is 11.8. The molecule has 1 heterocycles. The molecule has 0 saturated heterocycles. The van der Waals surface area contributed by atoms with Crippen molar-refractivity contribution in [3.8, 4) is 0 Å². The average molecular weight is 236 g/mol. The Kier molecular flexibility index (Phi) is 4.46. The summed E-state index contributed by atoms with van der Waals surface area (Å²) >= 11 is 0. The highest BCUT2D eigenvalue weighted by Gasteiger charge is 2.24. The van der Waals surface area contributed by atoms with Crippen LogP contribution < -0.4 is 10.2 Å². The van der Waals surface area contributed by atoms with Gasteiger partial charge in [-0.05, 0) is 19.4 Å². The van der Waals surface area contributed by atoms with Gasteiger partial charge in [-0.3, -0.25) is 4.98 Å². The van der Waals surface area contributed by atoms with Gasteiger partial charge in [-0.2, -0.15) is 0 Å². The fourth-order valence-electron chi connectivity index (χ4n) is 1.58. The zero-order chi connectivity index (χ0) is 13.1. The summed E-state index contributed by atoms with van der Waals surface area (Å²) in [6.07, 6.45) is 3.67. The third-order valence-corrected chi connectivity index (χ3v) is 3.25. The first-order chi connectivity index (χ1) is 7.86. The van der Waals surface area contributed by atoms with E-state index in [2.05, 4.69) is 54.9 Å². The Hall–Kier alpha value is -1.16. The van der Waals surface area contributed by atoms with Gasteiger partial charge in [0.2, 0.25) is 0 Å². The van der Waals surface area contributed by atoms with Crippen LogP contribution in [0.5, 0.6) is 0 Å². The second-order valence-corrected chi connectivity index (χ2v) is 5.55. The molecule has 0 bridgehead atoms. The molecule has 1 atom stereocenters. The highest BCUT2D eigenvalue weighted by Crippen LogP contribution is 2.25. The third-order valence-electron chi connectivity index (χ3n) is 3.25. The third kappa shape index (κ3) is 3.66. The fraction of sp³-hybridized carbons (Fsp3) is 0.692. The van der Waals surface area contributed by atoms with Crippen molar-refractivity contribution < 1.29 is 0 Å². The number of anilines is 1. The Bertz CT molecular complexity index is 339. The maximum absolute atomic E-state index is 4.46. The number of hydrogen-bond donors (Lipinski definition) is 1. The molecule has 1 unspecified atom stereocenters. The Morgan fingerprint density at radius 3 is 2.35 bits per heavy atom. The second kappa shape index (κ2) is 5.45. The van der Waals surface area contributed by atoms with E-state index in [0.717, 1.165) is 18.1 Å². The minimum atomic E-state index is 0.222. The Morgan fingerprint density at radius 1 is 1.29 bits per heavy atom. The van der Waals surface area contributed by atoms with Gasteiger partial charge in [-0.15, -0.1) is 0 Å². The summed E-state index contributed by atoms with van der Waals surface area (Å²) in [5, 5.41) is 3.06. The van der Waals surface area contributed by atoms with Gasteiger partial charge >= 0.3 is 0 Å². The van der Waals surface area contributed by atoms with E-state index in [4.69, 9.17) is 0 Å². The summed E-state index contributed by atoms with van der Waals surface area (Å²) in [5.74, 6) is 0.923. The molecule has 17 heavy (non-hydrogen) atoms. The van der Waals surface area contributed by atoms with Crippen molar-refractivity contribution in [3.63, 3.8) is 0 Å². The van der Waals surface area contributed by atoms with E-state index in [0.29, 0.717) is 6.04 Å². The molecule has 0 fully saturated rings. The first-order valence-corrected chi connectivity index (χ1v) is 6.04. The Labute approximate surface area is 104 Å². The zero-order valence-electron chi connectivity index (χ0n) is 11.8. The predicted octanol–water partition coefficient (Wildman–Crippen LogP) is 2.07. The number of nitrogens with one attached hydrogen (secondary N) is 1. The van der Waals surface area contributed by atoms with Crippen LogP contribution in [0, 0.1) is 5.41 Å². The van der Waals surface area contributed by atoms with Crippen molar-refractivity contribution in [2.45, 2.75) is 40.3 Å². The molecule has 0 amide bonds. The molecule has 0 spiro atoms. The lowest BCUT2D eigenvalue weighted by Gasteiger charge is -2.35. The summed E-state index contributed by atoms with van der Waals surface area (Å²) in [6, 6.07) is 0.409. The molecule has 0 aliphatic carbocycles. The van der Waals surface area contributed by atoms with Crippen LogP contribution in [-0.4, -0.2) is 30.1 Å². The van der Waals surface area contributed by atoms with Crippen LogP contribution >= 0.6 is 0 Å². The Morgan fingerprint density at radius 2 is 1.94 bits per heavy atom. The molecule has 0 aliphatic heterocycles. The van der Waals surface area contributed by atoms with Gasteiger partial charge in [-0.1, -0.05) is 20.8 Å². The average Bonchev–Trinajstić information content (AvgIpc) is 2.27. The maximum atomic E-state index is 4.46. The summed E-state index contributed by atoms with van der Waals surface area (Å²) < 4.78 is 0. The summed E-state index contributed by atoms with van der Waals surface area (Å²) in [5.41, 5.74) is 1.19. The highest BCUT2D eigenvalue weighted by molar-refractivity contribution is 5.36. The van der Waals surface area contributed by atoms with Gasteiger partial charge in [0, 0.05) is 19.6 Å². The van der Waals surface area contributed by atoms with Crippen LogP contribution in [0.2, 0.25) is 0 Å².